The zero-order valence-electron chi connectivity index (χ0n) is 12.1. The van der Waals surface area contributed by atoms with E-state index in [1.807, 2.05) is 6.92 Å². The van der Waals surface area contributed by atoms with Crippen molar-refractivity contribution >= 4 is 29.0 Å². The van der Waals surface area contributed by atoms with Crippen molar-refractivity contribution in [1.82, 2.24) is 0 Å². The van der Waals surface area contributed by atoms with Crippen LogP contribution in [0.15, 0.2) is 24.3 Å². The number of carbonyl (C=O) groups excluding carboxylic acids is 1. The molecule has 1 aromatic rings. The van der Waals surface area contributed by atoms with Crippen molar-refractivity contribution in [2.24, 2.45) is 0 Å². The lowest BCUT2D eigenvalue weighted by molar-refractivity contribution is -0.383. The van der Waals surface area contributed by atoms with Gasteiger partial charge in [-0.3, -0.25) is 14.9 Å². The molecule has 5 nitrogen and oxygen atoms in total. The molecular weight excluding hydrogens is 288 g/mol. The van der Waals surface area contributed by atoms with Gasteiger partial charge in [-0.2, -0.15) is 0 Å². The van der Waals surface area contributed by atoms with Crippen LogP contribution in [0.2, 0.25) is 0 Å². The van der Waals surface area contributed by atoms with Gasteiger partial charge in [0.2, 0.25) is 5.91 Å². The first-order valence-corrected chi connectivity index (χ1v) is 8.22. The van der Waals surface area contributed by atoms with Gasteiger partial charge in [0.15, 0.2) is 0 Å². The molecule has 0 aliphatic heterocycles. The van der Waals surface area contributed by atoms with E-state index in [1.165, 1.54) is 25.3 Å². The molecule has 1 unspecified atom stereocenters. The molecular formula is C15H20N2O3S. The van der Waals surface area contributed by atoms with Gasteiger partial charge in [0.05, 0.1) is 10.2 Å². The molecule has 6 heteroatoms. The zero-order valence-corrected chi connectivity index (χ0v) is 12.9. The van der Waals surface area contributed by atoms with Crippen molar-refractivity contribution in [3.63, 3.8) is 0 Å². The van der Waals surface area contributed by atoms with Crippen molar-refractivity contribution in [3.8, 4) is 0 Å². The summed E-state index contributed by atoms with van der Waals surface area (Å²) >= 11 is 1.68. The first-order chi connectivity index (χ1) is 10.1. The lowest BCUT2D eigenvalue weighted by atomic mass is 10.0. The number of hydrogen-bond donors (Lipinski definition) is 1. The monoisotopic (exact) mass is 308 g/mol. The van der Waals surface area contributed by atoms with Gasteiger partial charge in [0, 0.05) is 11.3 Å². The van der Waals surface area contributed by atoms with Crippen LogP contribution in [0.25, 0.3) is 0 Å². The molecule has 0 bridgehead atoms. The third-order valence-electron chi connectivity index (χ3n) is 3.68. The second-order valence-corrected chi connectivity index (χ2v) is 6.95. The van der Waals surface area contributed by atoms with E-state index in [4.69, 9.17) is 0 Å². The summed E-state index contributed by atoms with van der Waals surface area (Å²) < 4.78 is 0. The normalized spacial score (nSPS) is 17.2. The number of nitro groups is 1. The SMILES string of the molecule is CC(SC1CCCCC1)C(=O)Nc1ccccc1[N+](=O)[O-]. The summed E-state index contributed by atoms with van der Waals surface area (Å²) in [4.78, 5) is 22.7. The molecule has 114 valence electrons. The molecule has 1 fully saturated rings. The van der Waals surface area contributed by atoms with Crippen LogP contribution in [0.1, 0.15) is 39.0 Å². The number of hydrogen-bond acceptors (Lipinski definition) is 4. The average Bonchev–Trinajstić information content (AvgIpc) is 2.48. The standard InChI is InChI=1S/C15H20N2O3S/c1-11(21-12-7-3-2-4-8-12)15(18)16-13-9-5-6-10-14(13)17(19)20/h5-6,9-12H,2-4,7-8H2,1H3,(H,16,18). The fourth-order valence-electron chi connectivity index (χ4n) is 2.52. The quantitative estimate of drug-likeness (QED) is 0.659. The van der Waals surface area contributed by atoms with Gasteiger partial charge in [-0.15, -0.1) is 11.8 Å². The Morgan fingerprint density at radius 2 is 2.00 bits per heavy atom. The summed E-state index contributed by atoms with van der Waals surface area (Å²) in [6.45, 7) is 1.86. The first kappa shape index (κ1) is 15.8. The fourth-order valence-corrected chi connectivity index (χ4v) is 3.89. The Balaban J connectivity index is 1.95. The summed E-state index contributed by atoms with van der Waals surface area (Å²) in [6, 6.07) is 6.23. The summed E-state index contributed by atoms with van der Waals surface area (Å²) in [5.74, 6) is -0.167. The van der Waals surface area contributed by atoms with Crippen LogP contribution < -0.4 is 5.32 Å². The van der Waals surface area contributed by atoms with Crippen LogP contribution in [0, 0.1) is 10.1 Å². The molecule has 1 aliphatic carbocycles. The van der Waals surface area contributed by atoms with E-state index in [0.29, 0.717) is 5.25 Å². The topological polar surface area (TPSA) is 72.2 Å². The molecule has 21 heavy (non-hydrogen) atoms. The first-order valence-electron chi connectivity index (χ1n) is 7.27. The van der Waals surface area contributed by atoms with Crippen LogP contribution >= 0.6 is 11.8 Å². The lowest BCUT2D eigenvalue weighted by Crippen LogP contribution is -2.25. The Hall–Kier alpha value is -1.56. The van der Waals surface area contributed by atoms with Gasteiger partial charge < -0.3 is 5.32 Å². The van der Waals surface area contributed by atoms with Crippen molar-refractivity contribution in [2.75, 3.05) is 5.32 Å². The largest absolute Gasteiger partial charge is 0.319 e. The highest BCUT2D eigenvalue weighted by Gasteiger charge is 2.23. The van der Waals surface area contributed by atoms with Crippen molar-refractivity contribution in [2.45, 2.75) is 49.5 Å². The minimum absolute atomic E-state index is 0.0688. The van der Waals surface area contributed by atoms with Crippen LogP contribution in [0.5, 0.6) is 0 Å². The molecule has 1 aliphatic rings. The summed E-state index contributed by atoms with van der Waals surface area (Å²) in [7, 11) is 0. The molecule has 0 saturated heterocycles. The van der Waals surface area contributed by atoms with Gasteiger partial charge in [-0.05, 0) is 25.8 Å². The van der Waals surface area contributed by atoms with E-state index < -0.39 is 4.92 Å². The fraction of sp³-hybridized carbons (Fsp3) is 0.533. The van der Waals surface area contributed by atoms with Crippen molar-refractivity contribution in [1.29, 1.82) is 0 Å². The number of para-hydroxylation sites is 2. The van der Waals surface area contributed by atoms with Gasteiger partial charge >= 0.3 is 0 Å². The molecule has 0 radical (unpaired) electrons. The maximum Gasteiger partial charge on any atom is 0.292 e. The minimum Gasteiger partial charge on any atom is -0.319 e. The number of rotatable bonds is 5. The van der Waals surface area contributed by atoms with Crippen LogP contribution in [0.3, 0.4) is 0 Å². The van der Waals surface area contributed by atoms with Gasteiger partial charge in [-0.25, -0.2) is 0 Å². The second-order valence-electron chi connectivity index (χ2n) is 5.30. The van der Waals surface area contributed by atoms with E-state index >= 15 is 0 Å². The lowest BCUT2D eigenvalue weighted by Gasteiger charge is -2.23. The number of carbonyl (C=O) groups is 1. The van der Waals surface area contributed by atoms with Crippen LogP contribution in [0.4, 0.5) is 11.4 Å². The number of nitrogens with one attached hydrogen (secondary N) is 1. The Morgan fingerprint density at radius 1 is 1.33 bits per heavy atom. The molecule has 0 spiro atoms. The molecule has 1 aromatic carbocycles. The van der Waals surface area contributed by atoms with E-state index in [0.717, 1.165) is 12.8 Å². The molecule has 2 rings (SSSR count). The molecule has 0 aromatic heterocycles. The Labute approximate surface area is 128 Å². The van der Waals surface area contributed by atoms with Crippen molar-refractivity contribution in [3.05, 3.63) is 34.4 Å². The summed E-state index contributed by atoms with van der Waals surface area (Å²) in [5, 5.41) is 14.0. The van der Waals surface area contributed by atoms with Gasteiger partial charge in [0.25, 0.3) is 5.69 Å². The van der Waals surface area contributed by atoms with Gasteiger partial charge in [-0.1, -0.05) is 31.4 Å². The molecule has 1 amide bonds. The Morgan fingerprint density at radius 3 is 2.67 bits per heavy atom. The van der Waals surface area contributed by atoms with Crippen LogP contribution in [-0.4, -0.2) is 21.3 Å². The van der Waals surface area contributed by atoms with E-state index in [-0.39, 0.29) is 22.5 Å². The number of thioether (sulfide) groups is 1. The predicted molar refractivity (Wildman–Crippen MR) is 85.7 cm³/mol. The molecule has 1 N–H and O–H groups in total. The number of benzene rings is 1. The number of nitrogens with zero attached hydrogens (tertiary/aromatic N) is 1. The molecule has 1 saturated carbocycles. The highest BCUT2D eigenvalue weighted by Crippen LogP contribution is 2.32. The maximum atomic E-state index is 12.2. The maximum absolute atomic E-state index is 12.2. The zero-order chi connectivity index (χ0) is 15.2. The average molecular weight is 308 g/mol. The van der Waals surface area contributed by atoms with E-state index in [2.05, 4.69) is 5.32 Å². The van der Waals surface area contributed by atoms with Crippen molar-refractivity contribution < 1.29 is 9.72 Å². The molecule has 0 heterocycles. The number of anilines is 1. The number of nitro benzene ring substituents is 1. The second kappa shape index (κ2) is 7.45. The van der Waals surface area contributed by atoms with E-state index in [1.54, 1.807) is 30.0 Å². The highest BCUT2D eigenvalue weighted by atomic mass is 32.2. The third kappa shape index (κ3) is 4.46. The predicted octanol–water partition coefficient (Wildman–Crippen LogP) is 3.99. The van der Waals surface area contributed by atoms with Crippen LogP contribution in [-0.2, 0) is 4.79 Å². The Bertz CT molecular complexity index is 515. The minimum atomic E-state index is -0.478. The summed E-state index contributed by atoms with van der Waals surface area (Å²) in [5.41, 5.74) is 0.198. The van der Waals surface area contributed by atoms with Gasteiger partial charge in [0.1, 0.15) is 5.69 Å². The Kier molecular flexibility index (Phi) is 5.61. The smallest absolute Gasteiger partial charge is 0.292 e. The number of amides is 1. The highest BCUT2D eigenvalue weighted by molar-refractivity contribution is 8.01. The molecule has 1 atom stereocenters. The van der Waals surface area contributed by atoms with E-state index in [9.17, 15) is 14.9 Å². The third-order valence-corrected chi connectivity index (χ3v) is 5.16. The summed E-state index contributed by atoms with van der Waals surface area (Å²) in [6.07, 6.45) is 6.07.